The Balaban J connectivity index is 0. The van der Waals surface area contributed by atoms with Crippen molar-refractivity contribution in [2.24, 2.45) is 0 Å². The molecule has 0 heterocycles. The van der Waals surface area contributed by atoms with Crippen LogP contribution in [0, 0.1) is 0 Å². The van der Waals surface area contributed by atoms with E-state index in [9.17, 15) is 0 Å². The van der Waals surface area contributed by atoms with E-state index in [1.807, 2.05) is 0 Å². The molecule has 4 N–H and O–H groups in total. The van der Waals surface area contributed by atoms with E-state index in [2.05, 4.69) is 0 Å². The number of hydrogen-bond acceptors (Lipinski definition) is 7. The van der Waals surface area contributed by atoms with Crippen LogP contribution in [-0.2, 0) is 18.9 Å². The summed E-state index contributed by atoms with van der Waals surface area (Å²) < 4.78 is 20.4. The van der Waals surface area contributed by atoms with Crippen LogP contribution in [0.15, 0.2) is 0 Å². The van der Waals surface area contributed by atoms with Crippen LogP contribution >= 0.6 is 0 Å². The quantitative estimate of drug-likeness (QED) is 0.324. The average molecular weight is 300 g/mol. The van der Waals surface area contributed by atoms with Crippen LogP contribution in [-0.4, -0.2) is 92.7 Å². The molecule has 20 heavy (non-hydrogen) atoms. The minimum Gasteiger partial charge on any atom is -0.450 e. The zero-order chi connectivity index (χ0) is 15.5. The Labute approximate surface area is 117 Å². The predicted molar refractivity (Wildman–Crippen MR) is 68.1 cm³/mol. The molecule has 122 valence electrons. The van der Waals surface area contributed by atoms with Gasteiger partial charge in [0.05, 0.1) is 66.1 Å². The number of aliphatic hydroxyl groups is 2. The molecule has 0 amide bonds. The smallest absolute Gasteiger partial charge is 0.450 e. The first-order valence-electron chi connectivity index (χ1n) is 6.09. The molecule has 0 aromatic carbocycles. The summed E-state index contributed by atoms with van der Waals surface area (Å²) in [4.78, 5) is 8.56. The maximum Gasteiger partial charge on any atom is 0.503 e. The molecule has 0 atom stereocenters. The lowest BCUT2D eigenvalue weighted by atomic mass is 10.7. The standard InChI is InChI=1S/C10H22O6.CH2O3/c11-1-3-13-5-7-15-9-10-16-8-6-14-4-2-12;2-1(3)4/h11-12H,1-10H2;(H2,2,3,4). The molecule has 0 radical (unpaired) electrons. The lowest BCUT2D eigenvalue weighted by molar-refractivity contribution is -0.00856. The van der Waals surface area contributed by atoms with Gasteiger partial charge in [0.1, 0.15) is 0 Å². The predicted octanol–water partition coefficient (Wildman–Crippen LogP) is -0.740. The number of carboxylic acid groups (broad SMARTS) is 2. The fourth-order valence-electron chi connectivity index (χ4n) is 0.891. The maximum absolute atomic E-state index is 8.56. The fraction of sp³-hybridized carbons (Fsp3) is 0.909. The number of rotatable bonds is 13. The van der Waals surface area contributed by atoms with Crippen LogP contribution in [0.2, 0.25) is 0 Å². The number of hydrogen-bond donors (Lipinski definition) is 4. The number of aliphatic hydroxyl groups excluding tert-OH is 2. The zero-order valence-electron chi connectivity index (χ0n) is 11.4. The summed E-state index contributed by atoms with van der Waals surface area (Å²) in [5.74, 6) is 0. The van der Waals surface area contributed by atoms with E-state index >= 15 is 0 Å². The van der Waals surface area contributed by atoms with Gasteiger partial charge in [-0.1, -0.05) is 0 Å². The topological polar surface area (TPSA) is 135 Å². The fourth-order valence-corrected chi connectivity index (χ4v) is 0.891. The third kappa shape index (κ3) is 30.2. The van der Waals surface area contributed by atoms with Crippen LogP contribution in [0.3, 0.4) is 0 Å². The Hall–Kier alpha value is -0.970. The Bertz CT molecular complexity index is 171. The summed E-state index contributed by atoms with van der Waals surface area (Å²) >= 11 is 0. The lowest BCUT2D eigenvalue weighted by Crippen LogP contribution is -2.13. The van der Waals surface area contributed by atoms with Gasteiger partial charge in [-0.3, -0.25) is 0 Å². The van der Waals surface area contributed by atoms with Crippen molar-refractivity contribution in [3.63, 3.8) is 0 Å². The van der Waals surface area contributed by atoms with Gasteiger partial charge in [0.25, 0.3) is 0 Å². The molecular weight excluding hydrogens is 276 g/mol. The molecule has 0 unspecified atom stereocenters. The highest BCUT2D eigenvalue weighted by atomic mass is 16.6. The minimum atomic E-state index is -1.83. The van der Waals surface area contributed by atoms with E-state index < -0.39 is 6.16 Å². The van der Waals surface area contributed by atoms with Crippen molar-refractivity contribution >= 4 is 6.16 Å². The van der Waals surface area contributed by atoms with Crippen LogP contribution in [0.1, 0.15) is 0 Å². The van der Waals surface area contributed by atoms with Crippen molar-refractivity contribution in [3.8, 4) is 0 Å². The van der Waals surface area contributed by atoms with Gasteiger partial charge < -0.3 is 39.4 Å². The van der Waals surface area contributed by atoms with Crippen molar-refractivity contribution in [1.82, 2.24) is 0 Å². The van der Waals surface area contributed by atoms with E-state index in [0.29, 0.717) is 52.9 Å². The molecule has 0 aliphatic heterocycles. The van der Waals surface area contributed by atoms with Gasteiger partial charge in [-0.2, -0.15) is 0 Å². The van der Waals surface area contributed by atoms with Crippen LogP contribution < -0.4 is 0 Å². The van der Waals surface area contributed by atoms with Crippen molar-refractivity contribution < 1.29 is 44.2 Å². The lowest BCUT2D eigenvalue weighted by Gasteiger charge is -2.06. The van der Waals surface area contributed by atoms with E-state index in [4.69, 9.17) is 44.2 Å². The summed E-state index contributed by atoms with van der Waals surface area (Å²) in [5, 5.41) is 30.8. The number of ether oxygens (including phenoxy) is 4. The van der Waals surface area contributed by atoms with E-state index in [0.717, 1.165) is 0 Å². The highest BCUT2D eigenvalue weighted by Gasteiger charge is 1.91. The molecule has 0 fully saturated rings. The van der Waals surface area contributed by atoms with Crippen molar-refractivity contribution in [3.05, 3.63) is 0 Å². The van der Waals surface area contributed by atoms with E-state index in [1.165, 1.54) is 0 Å². The third-order valence-corrected chi connectivity index (χ3v) is 1.59. The Morgan fingerprint density at radius 3 is 1.00 bits per heavy atom. The van der Waals surface area contributed by atoms with Gasteiger partial charge in [0.15, 0.2) is 0 Å². The van der Waals surface area contributed by atoms with Gasteiger partial charge in [-0.05, 0) is 0 Å². The third-order valence-electron chi connectivity index (χ3n) is 1.59. The highest BCUT2D eigenvalue weighted by molar-refractivity contribution is 5.53. The van der Waals surface area contributed by atoms with Crippen molar-refractivity contribution in [2.45, 2.75) is 0 Å². The van der Waals surface area contributed by atoms with Crippen molar-refractivity contribution in [1.29, 1.82) is 0 Å². The maximum atomic E-state index is 8.56. The van der Waals surface area contributed by atoms with E-state index in [1.54, 1.807) is 0 Å². The van der Waals surface area contributed by atoms with Gasteiger partial charge in [0, 0.05) is 0 Å². The first-order valence-corrected chi connectivity index (χ1v) is 6.09. The molecule has 0 aromatic rings. The Morgan fingerprint density at radius 2 is 0.800 bits per heavy atom. The van der Waals surface area contributed by atoms with Gasteiger partial charge in [0.2, 0.25) is 0 Å². The molecule has 0 saturated heterocycles. The second-order valence-electron chi connectivity index (χ2n) is 3.18. The van der Waals surface area contributed by atoms with Gasteiger partial charge >= 0.3 is 6.16 Å². The molecule has 0 bridgehead atoms. The van der Waals surface area contributed by atoms with E-state index in [-0.39, 0.29) is 13.2 Å². The molecule has 0 aromatic heterocycles. The minimum absolute atomic E-state index is 0.0386. The second kappa shape index (κ2) is 20.3. The summed E-state index contributed by atoms with van der Waals surface area (Å²) in [7, 11) is 0. The number of carbonyl (C=O) groups is 1. The summed E-state index contributed by atoms with van der Waals surface area (Å²) in [6.07, 6.45) is -1.83. The molecule has 0 saturated carbocycles. The first-order chi connectivity index (χ1) is 9.65. The molecule has 9 heteroatoms. The average Bonchev–Trinajstić information content (AvgIpc) is 2.39. The van der Waals surface area contributed by atoms with Crippen molar-refractivity contribution in [2.75, 3.05) is 66.1 Å². The summed E-state index contributed by atoms with van der Waals surface area (Å²) in [6.45, 7) is 3.79. The van der Waals surface area contributed by atoms with Crippen LogP contribution in [0.5, 0.6) is 0 Å². The van der Waals surface area contributed by atoms with Gasteiger partial charge in [-0.25, -0.2) is 4.79 Å². The molecule has 0 aliphatic carbocycles. The van der Waals surface area contributed by atoms with Crippen LogP contribution in [0.25, 0.3) is 0 Å². The normalized spacial score (nSPS) is 9.90. The first kappa shape index (κ1) is 21.3. The monoisotopic (exact) mass is 300 g/mol. The SMILES string of the molecule is O=C(O)O.OCCOCCOCCOCCOCCO. The molecule has 0 spiro atoms. The Morgan fingerprint density at radius 1 is 0.600 bits per heavy atom. The van der Waals surface area contributed by atoms with Crippen LogP contribution in [0.4, 0.5) is 4.79 Å². The molecule has 0 aliphatic rings. The Kier molecular flexibility index (Phi) is 21.7. The summed E-state index contributed by atoms with van der Waals surface area (Å²) in [5.41, 5.74) is 0. The molecule has 9 nitrogen and oxygen atoms in total. The highest BCUT2D eigenvalue weighted by Crippen LogP contribution is 1.82. The molecule has 0 rings (SSSR count). The molecular formula is C11H24O9. The van der Waals surface area contributed by atoms with Gasteiger partial charge in [-0.15, -0.1) is 0 Å². The second-order valence-corrected chi connectivity index (χ2v) is 3.18. The summed E-state index contributed by atoms with van der Waals surface area (Å²) in [6, 6.07) is 0. The zero-order valence-corrected chi connectivity index (χ0v) is 11.4. The largest absolute Gasteiger partial charge is 0.503 e.